The van der Waals surface area contributed by atoms with Gasteiger partial charge in [0.1, 0.15) is 18.4 Å². The van der Waals surface area contributed by atoms with Crippen LogP contribution in [-0.2, 0) is 26.2 Å². The number of sulfonamides is 1. The Balaban J connectivity index is 2.08. The summed E-state index contributed by atoms with van der Waals surface area (Å²) in [6.07, 6.45) is 0. The number of carbonyl (C=O) groups is 2. The molecule has 0 aliphatic rings. The van der Waals surface area contributed by atoms with Gasteiger partial charge in [0.25, 0.3) is 10.0 Å². The van der Waals surface area contributed by atoms with Gasteiger partial charge in [0, 0.05) is 18.2 Å². The van der Waals surface area contributed by atoms with Crippen molar-refractivity contribution in [3.63, 3.8) is 0 Å². The van der Waals surface area contributed by atoms with Gasteiger partial charge in [-0.2, -0.15) is 0 Å². The van der Waals surface area contributed by atoms with Gasteiger partial charge in [-0.3, -0.25) is 13.9 Å². The molecule has 2 amide bonds. The Morgan fingerprint density at radius 3 is 2.03 bits per heavy atom. The average molecular weight is 554 g/mol. The molecule has 0 heterocycles. The summed E-state index contributed by atoms with van der Waals surface area (Å²) in [4.78, 5) is 28.1. The molecule has 0 aromatic heterocycles. The summed E-state index contributed by atoms with van der Waals surface area (Å²) in [6, 6.07) is 16.5. The molecule has 1 N–H and O–H groups in total. The van der Waals surface area contributed by atoms with Crippen LogP contribution >= 0.6 is 0 Å². The monoisotopic (exact) mass is 553 g/mol. The normalized spacial score (nSPS) is 12.2. The lowest BCUT2D eigenvalue weighted by atomic mass is 10.1. The van der Waals surface area contributed by atoms with E-state index in [2.05, 4.69) is 5.32 Å². The van der Waals surface area contributed by atoms with Gasteiger partial charge < -0.3 is 10.2 Å². The van der Waals surface area contributed by atoms with Crippen LogP contribution in [0.5, 0.6) is 0 Å². The van der Waals surface area contributed by atoms with E-state index in [0.717, 1.165) is 21.0 Å². The standard InChI is InChI=1S/C30H36FN3O4S/c1-20(2)32-30(36)24(6)33(18-25-9-7-8-10-28(25)31)29(35)19-34(26-16-22(4)15-23(5)17-26)39(37,38)27-13-11-21(3)12-14-27/h7-17,20,24H,18-19H2,1-6H3,(H,32,36)/t24-/m0/s1. The number of hydrogen-bond donors (Lipinski definition) is 1. The molecule has 3 aromatic rings. The van der Waals surface area contributed by atoms with Crippen molar-refractivity contribution in [2.75, 3.05) is 10.8 Å². The van der Waals surface area contributed by atoms with Crippen LogP contribution < -0.4 is 9.62 Å². The molecular weight excluding hydrogens is 517 g/mol. The molecule has 0 saturated heterocycles. The summed E-state index contributed by atoms with van der Waals surface area (Å²) in [7, 11) is -4.17. The summed E-state index contributed by atoms with van der Waals surface area (Å²) in [5, 5.41) is 2.78. The van der Waals surface area contributed by atoms with Crippen molar-refractivity contribution < 1.29 is 22.4 Å². The largest absolute Gasteiger partial charge is 0.352 e. The molecule has 0 aliphatic heterocycles. The molecule has 1 atom stereocenters. The van der Waals surface area contributed by atoms with Crippen molar-refractivity contribution >= 4 is 27.5 Å². The lowest BCUT2D eigenvalue weighted by Gasteiger charge is -2.32. The summed E-state index contributed by atoms with van der Waals surface area (Å²) in [5.41, 5.74) is 3.09. The minimum Gasteiger partial charge on any atom is -0.352 e. The molecular formula is C30H36FN3O4S. The van der Waals surface area contributed by atoms with Gasteiger partial charge in [-0.1, -0.05) is 42.0 Å². The highest BCUT2D eigenvalue weighted by Crippen LogP contribution is 2.27. The van der Waals surface area contributed by atoms with Crippen molar-refractivity contribution in [1.29, 1.82) is 0 Å². The summed E-state index contributed by atoms with van der Waals surface area (Å²) in [5.74, 6) is -1.58. The van der Waals surface area contributed by atoms with Gasteiger partial charge in [-0.25, -0.2) is 12.8 Å². The van der Waals surface area contributed by atoms with Crippen LogP contribution in [0.4, 0.5) is 10.1 Å². The number of hydrogen-bond acceptors (Lipinski definition) is 4. The number of carbonyl (C=O) groups excluding carboxylic acids is 2. The van der Waals surface area contributed by atoms with Gasteiger partial charge in [0.2, 0.25) is 11.8 Å². The van der Waals surface area contributed by atoms with E-state index in [9.17, 15) is 22.4 Å². The molecule has 3 aromatic carbocycles. The zero-order valence-electron chi connectivity index (χ0n) is 23.2. The van der Waals surface area contributed by atoms with Gasteiger partial charge in [0.15, 0.2) is 0 Å². The minimum absolute atomic E-state index is 0.0336. The fourth-order valence-electron chi connectivity index (χ4n) is 4.26. The molecule has 0 radical (unpaired) electrons. The maximum absolute atomic E-state index is 14.6. The van der Waals surface area contributed by atoms with Crippen molar-refractivity contribution in [3.05, 3.63) is 94.8 Å². The second kappa shape index (κ2) is 12.4. The Morgan fingerprint density at radius 2 is 1.46 bits per heavy atom. The smallest absolute Gasteiger partial charge is 0.264 e. The molecule has 9 heteroatoms. The van der Waals surface area contributed by atoms with Gasteiger partial charge in [-0.05, 0) is 83.0 Å². The van der Waals surface area contributed by atoms with Crippen molar-refractivity contribution in [2.24, 2.45) is 0 Å². The lowest BCUT2D eigenvalue weighted by Crippen LogP contribution is -2.52. The minimum atomic E-state index is -4.17. The molecule has 0 aliphatic carbocycles. The van der Waals surface area contributed by atoms with Crippen LogP contribution in [-0.4, -0.2) is 43.8 Å². The predicted molar refractivity (Wildman–Crippen MR) is 151 cm³/mol. The van der Waals surface area contributed by atoms with Crippen LogP contribution in [0, 0.1) is 26.6 Å². The van der Waals surface area contributed by atoms with Crippen molar-refractivity contribution in [2.45, 2.75) is 65.1 Å². The first-order valence-corrected chi connectivity index (χ1v) is 14.2. The first kappa shape index (κ1) is 29.8. The molecule has 0 spiro atoms. The number of rotatable bonds is 10. The Labute approximate surface area is 230 Å². The number of nitrogens with one attached hydrogen (secondary N) is 1. The van der Waals surface area contributed by atoms with E-state index in [-0.39, 0.29) is 23.0 Å². The third kappa shape index (κ3) is 7.44. The fraction of sp³-hybridized carbons (Fsp3) is 0.333. The summed E-state index contributed by atoms with van der Waals surface area (Å²) < 4.78 is 43.5. The highest BCUT2D eigenvalue weighted by molar-refractivity contribution is 7.92. The summed E-state index contributed by atoms with van der Waals surface area (Å²) >= 11 is 0. The van der Waals surface area contributed by atoms with Crippen LogP contribution in [0.3, 0.4) is 0 Å². The van der Waals surface area contributed by atoms with Crippen LogP contribution in [0.2, 0.25) is 0 Å². The van der Waals surface area contributed by atoms with Crippen LogP contribution in [0.1, 0.15) is 43.0 Å². The molecule has 7 nitrogen and oxygen atoms in total. The lowest BCUT2D eigenvalue weighted by molar-refractivity contribution is -0.139. The molecule has 0 bridgehead atoms. The molecule has 208 valence electrons. The third-order valence-corrected chi connectivity index (χ3v) is 8.07. The van der Waals surface area contributed by atoms with Gasteiger partial charge in [-0.15, -0.1) is 0 Å². The van der Waals surface area contributed by atoms with Gasteiger partial charge >= 0.3 is 0 Å². The van der Waals surface area contributed by atoms with Crippen molar-refractivity contribution in [1.82, 2.24) is 10.2 Å². The highest BCUT2D eigenvalue weighted by atomic mass is 32.2. The number of halogens is 1. The fourth-order valence-corrected chi connectivity index (χ4v) is 5.66. The van der Waals surface area contributed by atoms with E-state index >= 15 is 0 Å². The maximum atomic E-state index is 14.6. The van der Waals surface area contributed by atoms with E-state index in [0.29, 0.717) is 5.69 Å². The Bertz CT molecular complexity index is 1420. The van der Waals surface area contributed by atoms with Gasteiger partial charge in [0.05, 0.1) is 10.6 Å². The van der Waals surface area contributed by atoms with E-state index in [1.807, 2.05) is 26.8 Å². The van der Waals surface area contributed by atoms with Crippen molar-refractivity contribution in [3.8, 4) is 0 Å². The first-order valence-electron chi connectivity index (χ1n) is 12.8. The molecule has 0 fully saturated rings. The average Bonchev–Trinajstić information content (AvgIpc) is 2.85. The molecule has 39 heavy (non-hydrogen) atoms. The number of amides is 2. The third-order valence-electron chi connectivity index (χ3n) is 6.28. The summed E-state index contributed by atoms with van der Waals surface area (Å²) in [6.45, 7) is 9.90. The second-order valence-electron chi connectivity index (χ2n) is 10.1. The molecule has 0 unspecified atom stereocenters. The van der Waals surface area contributed by atoms with E-state index in [4.69, 9.17) is 0 Å². The van der Waals surface area contributed by atoms with Crippen LogP contribution in [0.15, 0.2) is 71.6 Å². The molecule has 0 saturated carbocycles. The molecule has 3 rings (SSSR count). The quantitative estimate of drug-likeness (QED) is 0.387. The number of nitrogens with zero attached hydrogens (tertiary/aromatic N) is 2. The maximum Gasteiger partial charge on any atom is 0.264 e. The highest BCUT2D eigenvalue weighted by Gasteiger charge is 2.33. The predicted octanol–water partition coefficient (Wildman–Crippen LogP) is 4.89. The zero-order chi connectivity index (χ0) is 28.9. The Hall–Kier alpha value is -3.72. The Kier molecular flexibility index (Phi) is 9.50. The topological polar surface area (TPSA) is 86.8 Å². The van der Waals surface area contributed by atoms with E-state index in [1.54, 1.807) is 51.1 Å². The Morgan fingerprint density at radius 1 is 0.872 bits per heavy atom. The zero-order valence-corrected chi connectivity index (χ0v) is 24.0. The SMILES string of the molecule is Cc1ccc(S(=O)(=O)N(CC(=O)N(Cc2ccccc2F)[C@@H](C)C(=O)NC(C)C)c2cc(C)cc(C)c2)cc1. The van der Waals surface area contributed by atoms with Crippen LogP contribution in [0.25, 0.3) is 0 Å². The number of benzene rings is 3. The van der Waals surface area contributed by atoms with E-state index in [1.165, 1.54) is 35.2 Å². The second-order valence-corrected chi connectivity index (χ2v) is 12.0. The first-order chi connectivity index (χ1) is 18.3. The number of anilines is 1. The van der Waals surface area contributed by atoms with E-state index < -0.39 is 40.2 Å². The number of aryl methyl sites for hydroxylation is 3.